The molecule has 0 aromatic carbocycles. The van der Waals surface area contributed by atoms with Gasteiger partial charge in [-0.15, -0.1) is 0 Å². The number of aliphatic hydroxyl groups excluding tert-OH is 1. The Bertz CT molecular complexity index is 428. The van der Waals surface area contributed by atoms with Gasteiger partial charge in [0.25, 0.3) is 0 Å². The highest BCUT2D eigenvalue weighted by atomic mass is 32.2. The van der Waals surface area contributed by atoms with Crippen LogP contribution in [0.5, 0.6) is 5.88 Å². The molecule has 6 heteroatoms. The highest BCUT2D eigenvalue weighted by Gasteiger charge is 2.19. The molecule has 0 amide bonds. The number of piperidine rings is 1. The number of nitrogens with zero attached hydrogens (tertiary/aromatic N) is 3. The monoisotopic (exact) mass is 281 g/mol. The molecule has 1 aliphatic rings. The van der Waals surface area contributed by atoms with E-state index in [-0.39, 0.29) is 6.10 Å². The molecule has 0 radical (unpaired) electrons. The van der Waals surface area contributed by atoms with E-state index in [4.69, 9.17) is 4.74 Å². The van der Waals surface area contributed by atoms with E-state index in [2.05, 4.69) is 14.9 Å². The molecule has 5 nitrogen and oxygen atoms in total. The summed E-state index contributed by atoms with van der Waals surface area (Å²) in [5.74, 6) is 0.589. The van der Waals surface area contributed by atoms with Crippen LogP contribution in [0.15, 0.2) is 23.3 Å². The number of aliphatic imine (C=N–C) groups is 1. The van der Waals surface area contributed by atoms with Gasteiger partial charge in [0.2, 0.25) is 5.88 Å². The molecule has 0 saturated carbocycles. The third kappa shape index (κ3) is 3.84. The van der Waals surface area contributed by atoms with Gasteiger partial charge in [-0.05, 0) is 25.2 Å². The number of rotatable bonds is 2. The van der Waals surface area contributed by atoms with Gasteiger partial charge in [0.15, 0.2) is 5.17 Å². The summed E-state index contributed by atoms with van der Waals surface area (Å²) in [4.78, 5) is 11.0. The Kier molecular flexibility index (Phi) is 5.04. The van der Waals surface area contributed by atoms with Crippen LogP contribution in [0, 0.1) is 0 Å². The maximum atomic E-state index is 9.53. The lowest BCUT2D eigenvalue weighted by atomic mass is 10.1. The van der Waals surface area contributed by atoms with Crippen molar-refractivity contribution in [3.63, 3.8) is 0 Å². The summed E-state index contributed by atoms with van der Waals surface area (Å²) in [6.07, 6.45) is 5.16. The van der Waals surface area contributed by atoms with Crippen molar-refractivity contribution in [2.24, 2.45) is 4.99 Å². The lowest BCUT2D eigenvalue weighted by Crippen LogP contribution is -2.38. The van der Waals surface area contributed by atoms with Gasteiger partial charge in [-0.3, -0.25) is 0 Å². The standard InChI is InChI=1S/C13H19N3O2S/c1-18-12-4-3-10(9-14-12)15-13(19-2)16-7-5-11(17)6-8-16/h3-4,9,11,17H,5-8H2,1-2H3/b15-13-. The van der Waals surface area contributed by atoms with Gasteiger partial charge in [0.1, 0.15) is 0 Å². The van der Waals surface area contributed by atoms with Crippen molar-refractivity contribution in [1.29, 1.82) is 0 Å². The second-order valence-corrected chi connectivity index (χ2v) is 5.15. The number of aromatic nitrogens is 1. The Morgan fingerprint density at radius 3 is 2.74 bits per heavy atom. The van der Waals surface area contributed by atoms with E-state index in [9.17, 15) is 5.11 Å². The van der Waals surface area contributed by atoms with Crippen LogP contribution >= 0.6 is 11.8 Å². The largest absolute Gasteiger partial charge is 0.481 e. The predicted molar refractivity (Wildman–Crippen MR) is 78.2 cm³/mol. The molecular weight excluding hydrogens is 262 g/mol. The Morgan fingerprint density at radius 2 is 2.21 bits per heavy atom. The zero-order valence-electron chi connectivity index (χ0n) is 11.2. The molecule has 0 unspecified atom stereocenters. The zero-order chi connectivity index (χ0) is 13.7. The minimum Gasteiger partial charge on any atom is -0.481 e. The first-order valence-corrected chi connectivity index (χ1v) is 7.51. The lowest BCUT2D eigenvalue weighted by Gasteiger charge is -2.31. The molecule has 0 atom stereocenters. The minimum atomic E-state index is -0.165. The summed E-state index contributed by atoms with van der Waals surface area (Å²) in [5, 5.41) is 10.5. The summed E-state index contributed by atoms with van der Waals surface area (Å²) in [7, 11) is 1.59. The van der Waals surface area contributed by atoms with Crippen molar-refractivity contribution in [3.05, 3.63) is 18.3 Å². The first-order valence-electron chi connectivity index (χ1n) is 6.28. The summed E-state index contributed by atoms with van der Waals surface area (Å²) in [5.41, 5.74) is 0.816. The second kappa shape index (κ2) is 6.77. The number of ether oxygens (including phenoxy) is 1. The highest BCUT2D eigenvalue weighted by Crippen LogP contribution is 2.20. The first kappa shape index (κ1) is 14.1. The smallest absolute Gasteiger partial charge is 0.213 e. The number of pyridine rings is 1. The summed E-state index contributed by atoms with van der Waals surface area (Å²) < 4.78 is 5.03. The quantitative estimate of drug-likeness (QED) is 0.663. The summed E-state index contributed by atoms with van der Waals surface area (Å²) >= 11 is 1.62. The zero-order valence-corrected chi connectivity index (χ0v) is 12.1. The minimum absolute atomic E-state index is 0.165. The molecule has 0 aliphatic carbocycles. The van der Waals surface area contributed by atoms with E-state index in [1.165, 1.54) is 0 Å². The van der Waals surface area contributed by atoms with Gasteiger partial charge in [-0.25, -0.2) is 9.98 Å². The topological polar surface area (TPSA) is 58.0 Å². The average molecular weight is 281 g/mol. The van der Waals surface area contributed by atoms with E-state index in [1.54, 1.807) is 31.1 Å². The Balaban J connectivity index is 2.09. The number of methoxy groups -OCH3 is 1. The number of amidine groups is 1. The van der Waals surface area contributed by atoms with Crippen LogP contribution in [0.4, 0.5) is 5.69 Å². The SMILES string of the molecule is COc1ccc(/N=C(\SC)N2CCC(O)CC2)cn1. The van der Waals surface area contributed by atoms with Crippen LogP contribution < -0.4 is 4.74 Å². The Morgan fingerprint density at radius 1 is 1.47 bits per heavy atom. The Labute approximate surface area is 117 Å². The molecule has 0 spiro atoms. The average Bonchev–Trinajstić information content (AvgIpc) is 2.46. The van der Waals surface area contributed by atoms with Crippen LogP contribution in [0.1, 0.15) is 12.8 Å². The fourth-order valence-electron chi connectivity index (χ4n) is 1.97. The number of thioether (sulfide) groups is 1. The van der Waals surface area contributed by atoms with E-state index < -0.39 is 0 Å². The number of hydrogen-bond acceptors (Lipinski definition) is 5. The number of hydrogen-bond donors (Lipinski definition) is 1. The molecule has 1 N–H and O–H groups in total. The summed E-state index contributed by atoms with van der Waals surface area (Å²) in [6.45, 7) is 1.70. The molecule has 2 rings (SSSR count). The van der Waals surface area contributed by atoms with E-state index in [0.29, 0.717) is 5.88 Å². The molecule has 104 valence electrons. The van der Waals surface area contributed by atoms with Crippen LogP contribution in [0.2, 0.25) is 0 Å². The fourth-order valence-corrected chi connectivity index (χ4v) is 2.61. The molecule has 1 aromatic heterocycles. The van der Waals surface area contributed by atoms with Crippen molar-refractivity contribution in [2.45, 2.75) is 18.9 Å². The molecule has 1 fully saturated rings. The van der Waals surface area contributed by atoms with Crippen molar-refractivity contribution in [1.82, 2.24) is 9.88 Å². The van der Waals surface area contributed by atoms with Gasteiger partial charge in [0, 0.05) is 19.2 Å². The predicted octanol–water partition coefficient (Wildman–Crippen LogP) is 1.90. The van der Waals surface area contributed by atoms with E-state index in [0.717, 1.165) is 36.8 Å². The van der Waals surface area contributed by atoms with Crippen LogP contribution in [-0.2, 0) is 0 Å². The third-order valence-electron chi connectivity index (χ3n) is 3.07. The molecule has 1 aromatic rings. The third-order valence-corrected chi connectivity index (χ3v) is 3.79. The van der Waals surface area contributed by atoms with Crippen molar-refractivity contribution >= 4 is 22.6 Å². The van der Waals surface area contributed by atoms with Crippen LogP contribution in [0.25, 0.3) is 0 Å². The maximum absolute atomic E-state index is 9.53. The summed E-state index contributed by atoms with van der Waals surface area (Å²) in [6, 6.07) is 3.69. The fraction of sp³-hybridized carbons (Fsp3) is 0.538. The van der Waals surface area contributed by atoms with Gasteiger partial charge < -0.3 is 14.7 Å². The van der Waals surface area contributed by atoms with Crippen molar-refractivity contribution in [2.75, 3.05) is 26.5 Å². The number of aliphatic hydroxyl groups is 1. The molecule has 19 heavy (non-hydrogen) atoms. The second-order valence-electron chi connectivity index (χ2n) is 4.38. The lowest BCUT2D eigenvalue weighted by molar-refractivity contribution is 0.110. The maximum Gasteiger partial charge on any atom is 0.213 e. The molecule has 2 heterocycles. The van der Waals surface area contributed by atoms with Crippen molar-refractivity contribution < 1.29 is 9.84 Å². The molecular formula is C13H19N3O2S. The van der Waals surface area contributed by atoms with E-state index in [1.807, 2.05) is 12.3 Å². The van der Waals surface area contributed by atoms with E-state index >= 15 is 0 Å². The van der Waals surface area contributed by atoms with Gasteiger partial charge in [-0.1, -0.05) is 11.8 Å². The van der Waals surface area contributed by atoms with Crippen LogP contribution in [-0.4, -0.2) is 52.7 Å². The van der Waals surface area contributed by atoms with Crippen molar-refractivity contribution in [3.8, 4) is 5.88 Å². The number of likely N-dealkylation sites (tertiary alicyclic amines) is 1. The molecule has 1 aliphatic heterocycles. The first-order chi connectivity index (χ1) is 9.22. The van der Waals surface area contributed by atoms with Gasteiger partial charge in [-0.2, -0.15) is 0 Å². The highest BCUT2D eigenvalue weighted by molar-refractivity contribution is 8.13. The normalized spacial score (nSPS) is 17.6. The Hall–Kier alpha value is -1.27. The van der Waals surface area contributed by atoms with Crippen LogP contribution in [0.3, 0.4) is 0 Å². The van der Waals surface area contributed by atoms with Gasteiger partial charge in [0.05, 0.1) is 25.1 Å². The molecule has 0 bridgehead atoms. The molecule has 1 saturated heterocycles. The van der Waals surface area contributed by atoms with Gasteiger partial charge >= 0.3 is 0 Å².